The van der Waals surface area contributed by atoms with Gasteiger partial charge in [-0.25, -0.2) is 9.97 Å². The fourth-order valence-corrected chi connectivity index (χ4v) is 5.40. The molecule has 0 saturated carbocycles. The zero-order valence-corrected chi connectivity index (χ0v) is 14.8. The monoisotopic (exact) mass is 358 g/mol. The molecule has 2 aliphatic rings. The normalized spacial score (nSPS) is 22.4. The minimum Gasteiger partial charge on any atom is -0.392 e. The van der Waals surface area contributed by atoms with Gasteiger partial charge in [-0.1, -0.05) is 6.07 Å². The van der Waals surface area contributed by atoms with Crippen LogP contribution in [-0.2, 0) is 0 Å². The summed E-state index contributed by atoms with van der Waals surface area (Å²) >= 11 is 3.45. The largest absolute Gasteiger partial charge is 0.392 e. The van der Waals surface area contributed by atoms with E-state index in [2.05, 4.69) is 42.7 Å². The Labute approximate surface area is 148 Å². The molecular formula is C17H18N4OS2. The number of thiophene rings is 2. The molecule has 3 aromatic heterocycles. The smallest absolute Gasteiger partial charge is 0.141 e. The van der Waals surface area contributed by atoms with Crippen LogP contribution in [0.1, 0.15) is 6.42 Å². The molecule has 0 bridgehead atoms. The summed E-state index contributed by atoms with van der Waals surface area (Å²) in [5.74, 6) is 1.06. The van der Waals surface area contributed by atoms with Crippen LogP contribution >= 0.6 is 22.7 Å². The van der Waals surface area contributed by atoms with E-state index in [9.17, 15) is 5.11 Å². The Morgan fingerprint density at radius 2 is 2.08 bits per heavy atom. The van der Waals surface area contributed by atoms with Gasteiger partial charge in [-0.05, 0) is 17.9 Å². The molecule has 5 heterocycles. The van der Waals surface area contributed by atoms with Crippen molar-refractivity contribution >= 4 is 38.7 Å². The lowest BCUT2D eigenvalue weighted by atomic mass is 10.1. The van der Waals surface area contributed by atoms with Crippen molar-refractivity contribution in [2.24, 2.45) is 0 Å². The van der Waals surface area contributed by atoms with E-state index in [1.807, 2.05) is 0 Å². The van der Waals surface area contributed by atoms with E-state index in [1.54, 1.807) is 29.0 Å². The average molecular weight is 358 g/mol. The van der Waals surface area contributed by atoms with Gasteiger partial charge >= 0.3 is 0 Å². The summed E-state index contributed by atoms with van der Waals surface area (Å²) in [6.45, 7) is 3.80. The van der Waals surface area contributed by atoms with Crippen LogP contribution in [0.2, 0.25) is 0 Å². The molecule has 5 nitrogen and oxygen atoms in total. The van der Waals surface area contributed by atoms with Crippen LogP contribution in [0.25, 0.3) is 20.7 Å². The summed E-state index contributed by atoms with van der Waals surface area (Å²) in [7, 11) is 0. The molecule has 2 fully saturated rings. The van der Waals surface area contributed by atoms with Crippen LogP contribution in [0.3, 0.4) is 0 Å². The number of rotatable bonds is 3. The molecule has 124 valence electrons. The summed E-state index contributed by atoms with van der Waals surface area (Å²) in [5, 5.41) is 15.2. The quantitative estimate of drug-likeness (QED) is 0.780. The second kappa shape index (κ2) is 5.77. The summed E-state index contributed by atoms with van der Waals surface area (Å²) < 4.78 is 0. The molecule has 0 radical (unpaired) electrons. The van der Waals surface area contributed by atoms with E-state index in [0.717, 1.165) is 43.2 Å². The van der Waals surface area contributed by atoms with Gasteiger partial charge in [-0.3, -0.25) is 4.90 Å². The average Bonchev–Trinajstić information content (AvgIpc) is 3.25. The maximum Gasteiger partial charge on any atom is 0.141 e. The number of nitrogens with zero attached hydrogens (tertiary/aromatic N) is 4. The second-order valence-electron chi connectivity index (χ2n) is 6.50. The third kappa shape index (κ3) is 2.35. The van der Waals surface area contributed by atoms with E-state index >= 15 is 0 Å². The van der Waals surface area contributed by atoms with Crippen molar-refractivity contribution < 1.29 is 5.11 Å². The number of hydrogen-bond acceptors (Lipinski definition) is 7. The Kier molecular flexibility index (Phi) is 3.55. The van der Waals surface area contributed by atoms with Crippen LogP contribution in [0.4, 0.5) is 5.82 Å². The molecule has 0 unspecified atom stereocenters. The van der Waals surface area contributed by atoms with E-state index in [4.69, 9.17) is 0 Å². The van der Waals surface area contributed by atoms with Crippen molar-refractivity contribution in [1.82, 2.24) is 14.9 Å². The number of likely N-dealkylation sites (tertiary alicyclic amines) is 1. The molecule has 0 amide bonds. The molecular weight excluding hydrogens is 340 g/mol. The minimum atomic E-state index is -0.146. The van der Waals surface area contributed by atoms with Crippen molar-refractivity contribution in [3.8, 4) is 10.4 Å². The highest BCUT2D eigenvalue weighted by Crippen LogP contribution is 2.40. The van der Waals surface area contributed by atoms with Gasteiger partial charge in [0.25, 0.3) is 0 Å². The van der Waals surface area contributed by atoms with E-state index in [1.165, 1.54) is 15.8 Å². The molecule has 0 spiro atoms. The predicted octanol–water partition coefficient (Wildman–Crippen LogP) is 2.68. The maximum absolute atomic E-state index is 9.73. The van der Waals surface area contributed by atoms with Crippen LogP contribution < -0.4 is 4.90 Å². The first-order valence-corrected chi connectivity index (χ1v) is 9.98. The molecule has 1 atom stereocenters. The lowest BCUT2D eigenvalue weighted by Crippen LogP contribution is -2.59. The van der Waals surface area contributed by atoms with Gasteiger partial charge in [0.15, 0.2) is 0 Å². The molecule has 0 aromatic carbocycles. The first-order valence-electron chi connectivity index (χ1n) is 8.23. The molecule has 24 heavy (non-hydrogen) atoms. The molecule has 1 N–H and O–H groups in total. The summed E-state index contributed by atoms with van der Waals surface area (Å²) in [5.41, 5.74) is 1.25. The number of fused-ring (bicyclic) bond motifs is 1. The Balaban J connectivity index is 1.45. The van der Waals surface area contributed by atoms with Crippen LogP contribution in [0, 0.1) is 0 Å². The van der Waals surface area contributed by atoms with Gasteiger partial charge in [0.1, 0.15) is 17.0 Å². The number of hydrogen-bond donors (Lipinski definition) is 1. The fourth-order valence-electron chi connectivity index (χ4n) is 3.67. The lowest BCUT2D eigenvalue weighted by molar-refractivity contribution is 0.147. The van der Waals surface area contributed by atoms with E-state index < -0.39 is 0 Å². The Hall–Kier alpha value is -1.54. The predicted molar refractivity (Wildman–Crippen MR) is 98.9 cm³/mol. The van der Waals surface area contributed by atoms with Gasteiger partial charge in [0, 0.05) is 48.0 Å². The van der Waals surface area contributed by atoms with Crippen molar-refractivity contribution in [2.45, 2.75) is 18.6 Å². The van der Waals surface area contributed by atoms with Gasteiger partial charge in [-0.15, -0.1) is 22.7 Å². The Morgan fingerprint density at radius 3 is 2.83 bits per heavy atom. The van der Waals surface area contributed by atoms with E-state index in [-0.39, 0.29) is 6.10 Å². The Bertz CT molecular complexity index is 857. The Morgan fingerprint density at radius 1 is 1.17 bits per heavy atom. The summed E-state index contributed by atoms with van der Waals surface area (Å²) in [4.78, 5) is 16.2. The number of anilines is 1. The molecule has 2 aliphatic heterocycles. The van der Waals surface area contributed by atoms with Gasteiger partial charge in [0.2, 0.25) is 0 Å². The van der Waals surface area contributed by atoms with Crippen molar-refractivity contribution in [2.75, 3.05) is 31.1 Å². The minimum absolute atomic E-state index is 0.146. The number of β-amino-alcohol motifs (C(OH)–C–C–N with tert-alkyl or cyclic N) is 1. The third-order valence-corrected chi connectivity index (χ3v) is 6.80. The highest BCUT2D eigenvalue weighted by molar-refractivity contribution is 7.18. The number of aliphatic hydroxyl groups excluding tert-OH is 1. The highest BCUT2D eigenvalue weighted by Gasteiger charge is 2.37. The summed E-state index contributed by atoms with van der Waals surface area (Å²) in [6, 6.07) is 4.79. The van der Waals surface area contributed by atoms with Crippen molar-refractivity contribution in [3.05, 3.63) is 29.2 Å². The fraction of sp³-hybridized carbons (Fsp3) is 0.412. The number of aliphatic hydroxyl groups is 1. The zero-order chi connectivity index (χ0) is 16.1. The van der Waals surface area contributed by atoms with Gasteiger partial charge in [-0.2, -0.15) is 0 Å². The van der Waals surface area contributed by atoms with Gasteiger partial charge in [0.05, 0.1) is 11.5 Å². The van der Waals surface area contributed by atoms with Crippen molar-refractivity contribution in [3.63, 3.8) is 0 Å². The SMILES string of the molecule is O[C@@H]1CCN(C2CN(c3ncnc4scc(-c5cccs5)c34)C2)C1. The topological polar surface area (TPSA) is 52.5 Å². The molecule has 2 saturated heterocycles. The third-order valence-electron chi connectivity index (χ3n) is 5.01. The lowest BCUT2D eigenvalue weighted by Gasteiger charge is -2.45. The van der Waals surface area contributed by atoms with Crippen LogP contribution in [0.5, 0.6) is 0 Å². The molecule has 7 heteroatoms. The first kappa shape index (κ1) is 14.8. The van der Waals surface area contributed by atoms with Crippen LogP contribution in [0.15, 0.2) is 29.2 Å². The van der Waals surface area contributed by atoms with Crippen LogP contribution in [-0.4, -0.2) is 58.3 Å². The standard InChI is InChI=1S/C17H18N4OS2/c22-12-3-4-20(8-12)11-6-21(7-11)16-15-13(14-2-1-5-23-14)9-24-17(15)19-10-18-16/h1-2,5,9-12,22H,3-4,6-8H2/t12-/m1/s1. The first-order chi connectivity index (χ1) is 11.8. The highest BCUT2D eigenvalue weighted by atomic mass is 32.1. The van der Waals surface area contributed by atoms with Crippen molar-refractivity contribution in [1.29, 1.82) is 0 Å². The van der Waals surface area contributed by atoms with Gasteiger partial charge < -0.3 is 10.0 Å². The molecule has 0 aliphatic carbocycles. The number of aromatic nitrogens is 2. The molecule has 5 rings (SSSR count). The van der Waals surface area contributed by atoms with E-state index in [0.29, 0.717) is 6.04 Å². The maximum atomic E-state index is 9.73. The zero-order valence-electron chi connectivity index (χ0n) is 13.1. The summed E-state index contributed by atoms with van der Waals surface area (Å²) in [6.07, 6.45) is 2.44. The molecule has 3 aromatic rings. The second-order valence-corrected chi connectivity index (χ2v) is 8.31.